The largest absolute Gasteiger partial charge is 0.508 e. The van der Waals surface area contributed by atoms with Crippen molar-refractivity contribution in [3.05, 3.63) is 66.2 Å². The van der Waals surface area contributed by atoms with Gasteiger partial charge in [0.05, 0.1) is 16.4 Å². The normalized spacial score (nSPS) is 10.7. The molecule has 0 bridgehead atoms. The number of carboxylic acid groups (broad SMARTS) is 1. The first-order valence-corrected chi connectivity index (χ1v) is 8.73. The molecular formula is C22H13NO4S. The van der Waals surface area contributed by atoms with Crippen LogP contribution in [-0.2, 0) is 0 Å². The minimum Gasteiger partial charge on any atom is -0.508 e. The van der Waals surface area contributed by atoms with Gasteiger partial charge in [-0.05, 0) is 87.4 Å². The summed E-state index contributed by atoms with van der Waals surface area (Å²) in [7, 11) is 0. The van der Waals surface area contributed by atoms with Gasteiger partial charge in [0.15, 0.2) is 0 Å². The van der Waals surface area contributed by atoms with Crippen LogP contribution in [0.5, 0.6) is 11.5 Å². The molecule has 0 amide bonds. The van der Waals surface area contributed by atoms with Crippen LogP contribution in [0.1, 0.15) is 10.4 Å². The van der Waals surface area contributed by atoms with E-state index in [0.29, 0.717) is 16.8 Å². The van der Waals surface area contributed by atoms with Crippen molar-refractivity contribution in [3.63, 3.8) is 0 Å². The number of fused-ring (bicyclic) bond motifs is 2. The predicted octanol–water partition coefficient (Wildman–Crippen LogP) is 5.50. The Hall–Kier alpha value is -3.73. The molecule has 4 aromatic carbocycles. The molecule has 0 fully saturated rings. The lowest BCUT2D eigenvalue weighted by molar-refractivity contribution is 0.0698. The van der Waals surface area contributed by atoms with Crippen LogP contribution in [0.4, 0.5) is 5.69 Å². The van der Waals surface area contributed by atoms with Gasteiger partial charge in [0, 0.05) is 0 Å². The van der Waals surface area contributed by atoms with E-state index in [0.717, 1.165) is 21.5 Å². The number of hydrogen-bond donors (Lipinski definition) is 3. The highest BCUT2D eigenvalue weighted by Gasteiger charge is 2.18. The quantitative estimate of drug-likeness (QED) is 0.245. The van der Waals surface area contributed by atoms with Crippen molar-refractivity contribution < 1.29 is 20.1 Å². The van der Waals surface area contributed by atoms with Gasteiger partial charge in [0.25, 0.3) is 0 Å². The summed E-state index contributed by atoms with van der Waals surface area (Å²) in [4.78, 5) is 15.8. The van der Waals surface area contributed by atoms with E-state index >= 15 is 0 Å². The SMILES string of the molecule is O=C(O)c1cc(N=C=S)ccc1-c1c2ccc(O)cc2cc2cc(O)ccc12. The van der Waals surface area contributed by atoms with E-state index in [1.54, 1.807) is 48.5 Å². The maximum absolute atomic E-state index is 12.0. The summed E-state index contributed by atoms with van der Waals surface area (Å²) in [6.45, 7) is 0. The molecule has 4 rings (SSSR count). The first-order valence-electron chi connectivity index (χ1n) is 8.32. The van der Waals surface area contributed by atoms with E-state index in [2.05, 4.69) is 22.4 Å². The summed E-state index contributed by atoms with van der Waals surface area (Å²) in [5.41, 5.74) is 1.67. The Morgan fingerprint density at radius 3 is 2.00 bits per heavy atom. The number of isothiocyanates is 1. The summed E-state index contributed by atoms with van der Waals surface area (Å²) in [6.07, 6.45) is 0. The van der Waals surface area contributed by atoms with Gasteiger partial charge < -0.3 is 15.3 Å². The molecule has 0 radical (unpaired) electrons. The monoisotopic (exact) mass is 387 g/mol. The zero-order valence-corrected chi connectivity index (χ0v) is 15.2. The second kappa shape index (κ2) is 6.78. The molecule has 0 unspecified atom stereocenters. The average molecular weight is 387 g/mol. The fraction of sp³-hybridized carbons (Fsp3) is 0. The van der Waals surface area contributed by atoms with Gasteiger partial charge in [-0.15, -0.1) is 0 Å². The minimum atomic E-state index is -1.10. The number of rotatable bonds is 3. The molecule has 28 heavy (non-hydrogen) atoms. The number of aromatic hydroxyl groups is 2. The molecule has 0 atom stereocenters. The molecule has 0 heterocycles. The predicted molar refractivity (Wildman–Crippen MR) is 112 cm³/mol. The number of hydrogen-bond acceptors (Lipinski definition) is 5. The Balaban J connectivity index is 2.18. The molecule has 4 aromatic rings. The van der Waals surface area contributed by atoms with Crippen LogP contribution >= 0.6 is 12.2 Å². The Labute approximate surface area is 164 Å². The Bertz CT molecular complexity index is 1260. The molecule has 0 spiro atoms. The maximum Gasteiger partial charge on any atom is 0.336 e. The third-order valence-electron chi connectivity index (χ3n) is 4.60. The lowest BCUT2D eigenvalue weighted by Crippen LogP contribution is -2.00. The van der Waals surface area contributed by atoms with Gasteiger partial charge in [-0.1, -0.05) is 18.2 Å². The molecule has 6 heteroatoms. The van der Waals surface area contributed by atoms with Crippen molar-refractivity contribution in [2.45, 2.75) is 0 Å². The summed E-state index contributed by atoms with van der Waals surface area (Å²) in [6, 6.07) is 16.5. The fourth-order valence-corrected chi connectivity index (χ4v) is 3.55. The molecule has 0 aliphatic rings. The fourth-order valence-electron chi connectivity index (χ4n) is 3.45. The van der Waals surface area contributed by atoms with Crippen LogP contribution in [0.25, 0.3) is 32.7 Å². The van der Waals surface area contributed by atoms with Crippen LogP contribution in [0.2, 0.25) is 0 Å². The van der Waals surface area contributed by atoms with Gasteiger partial charge in [-0.2, -0.15) is 4.99 Å². The highest BCUT2D eigenvalue weighted by Crippen LogP contribution is 2.40. The number of aromatic carboxylic acids is 1. The molecule has 136 valence electrons. The van der Waals surface area contributed by atoms with Crippen molar-refractivity contribution in [1.29, 1.82) is 0 Å². The third kappa shape index (κ3) is 2.97. The summed E-state index contributed by atoms with van der Waals surface area (Å²) in [5.74, 6) is -0.900. The Kier molecular flexibility index (Phi) is 4.28. The molecule has 0 aliphatic heterocycles. The van der Waals surface area contributed by atoms with Crippen LogP contribution in [-0.4, -0.2) is 26.5 Å². The molecule has 0 aromatic heterocycles. The van der Waals surface area contributed by atoms with E-state index in [9.17, 15) is 20.1 Å². The number of aliphatic imine (C=N–C) groups is 1. The van der Waals surface area contributed by atoms with E-state index < -0.39 is 5.97 Å². The first kappa shape index (κ1) is 17.7. The van der Waals surface area contributed by atoms with Crippen molar-refractivity contribution >= 4 is 50.6 Å². The zero-order valence-electron chi connectivity index (χ0n) is 14.4. The standard InChI is InChI=1S/C22H13NO4S/c24-15-2-5-17-12(8-15)7-13-9-16(25)3-6-18(13)21(17)19-4-1-14(23-11-28)10-20(19)22(26)27/h1-10,24-25H,(H,26,27). The number of nitrogens with zero attached hydrogens (tertiary/aromatic N) is 1. The van der Waals surface area contributed by atoms with Gasteiger partial charge in [-0.25, -0.2) is 4.79 Å². The number of benzene rings is 4. The smallest absolute Gasteiger partial charge is 0.336 e. The van der Waals surface area contributed by atoms with Gasteiger partial charge in [-0.3, -0.25) is 0 Å². The van der Waals surface area contributed by atoms with Crippen molar-refractivity contribution in [3.8, 4) is 22.6 Å². The van der Waals surface area contributed by atoms with Crippen LogP contribution < -0.4 is 0 Å². The van der Waals surface area contributed by atoms with Crippen molar-refractivity contribution in [1.82, 2.24) is 0 Å². The van der Waals surface area contributed by atoms with E-state index in [4.69, 9.17) is 0 Å². The second-order valence-electron chi connectivity index (χ2n) is 6.30. The first-order chi connectivity index (χ1) is 13.5. The highest BCUT2D eigenvalue weighted by molar-refractivity contribution is 7.78. The number of carboxylic acids is 1. The van der Waals surface area contributed by atoms with E-state index in [-0.39, 0.29) is 17.1 Å². The topological polar surface area (TPSA) is 90.1 Å². The van der Waals surface area contributed by atoms with Crippen LogP contribution in [0.15, 0.2) is 65.7 Å². The summed E-state index contributed by atoms with van der Waals surface area (Å²) in [5, 5.41) is 34.8. The zero-order chi connectivity index (χ0) is 19.8. The minimum absolute atomic E-state index is 0.0708. The summed E-state index contributed by atoms with van der Waals surface area (Å²) >= 11 is 4.61. The Morgan fingerprint density at radius 2 is 1.46 bits per heavy atom. The highest BCUT2D eigenvalue weighted by atomic mass is 32.1. The van der Waals surface area contributed by atoms with E-state index in [1.807, 2.05) is 6.07 Å². The second-order valence-corrected chi connectivity index (χ2v) is 6.48. The van der Waals surface area contributed by atoms with Gasteiger partial charge in [0.2, 0.25) is 0 Å². The van der Waals surface area contributed by atoms with Gasteiger partial charge >= 0.3 is 5.97 Å². The van der Waals surface area contributed by atoms with Crippen molar-refractivity contribution in [2.24, 2.45) is 4.99 Å². The summed E-state index contributed by atoms with van der Waals surface area (Å²) < 4.78 is 0. The lowest BCUT2D eigenvalue weighted by Gasteiger charge is -2.15. The lowest BCUT2D eigenvalue weighted by atomic mass is 9.89. The molecule has 5 nitrogen and oxygen atoms in total. The number of carbonyl (C=O) groups is 1. The van der Waals surface area contributed by atoms with Crippen molar-refractivity contribution in [2.75, 3.05) is 0 Å². The average Bonchev–Trinajstić information content (AvgIpc) is 2.66. The van der Waals surface area contributed by atoms with E-state index in [1.165, 1.54) is 6.07 Å². The number of phenols is 2. The van der Waals surface area contributed by atoms with Crippen LogP contribution in [0.3, 0.4) is 0 Å². The molecule has 3 N–H and O–H groups in total. The molecule has 0 saturated heterocycles. The number of phenolic OH excluding ortho intramolecular Hbond substituents is 2. The van der Waals surface area contributed by atoms with Crippen LogP contribution in [0, 0.1) is 0 Å². The molecule has 0 saturated carbocycles. The Morgan fingerprint density at radius 1 is 0.857 bits per heavy atom. The molecule has 0 aliphatic carbocycles. The molecular weight excluding hydrogens is 374 g/mol. The number of thiocarbonyl (C=S) groups is 1. The maximum atomic E-state index is 12.0. The third-order valence-corrected chi connectivity index (χ3v) is 4.69. The van der Waals surface area contributed by atoms with Gasteiger partial charge in [0.1, 0.15) is 11.5 Å².